The van der Waals surface area contributed by atoms with Crippen molar-refractivity contribution < 1.29 is 9.59 Å². The van der Waals surface area contributed by atoms with Gasteiger partial charge in [0.1, 0.15) is 5.69 Å². The standard InChI is InChI=1S/C23H24N4O2/c24-23(29)20-15-19(25-26-20)21-8-4-5-13-27(21)22(28)14-16-9-11-18(12-10-16)17-6-2-1-3-7-17/h1-3,6-7,9-12,15,21H,4-5,8,13-14H2,(H2,24,29)(H,25,26). The van der Waals surface area contributed by atoms with Gasteiger partial charge in [0.2, 0.25) is 5.91 Å². The number of piperidine rings is 1. The number of primary amides is 1. The molecule has 6 nitrogen and oxygen atoms in total. The molecule has 2 heterocycles. The lowest BCUT2D eigenvalue weighted by Gasteiger charge is -2.35. The van der Waals surface area contributed by atoms with Gasteiger partial charge < -0.3 is 10.6 Å². The summed E-state index contributed by atoms with van der Waals surface area (Å²) in [6.45, 7) is 0.705. The predicted molar refractivity (Wildman–Crippen MR) is 111 cm³/mol. The van der Waals surface area contributed by atoms with Gasteiger partial charge >= 0.3 is 0 Å². The summed E-state index contributed by atoms with van der Waals surface area (Å²) in [5.41, 5.74) is 9.56. The maximum atomic E-state index is 13.0. The number of nitrogens with one attached hydrogen (secondary N) is 1. The maximum Gasteiger partial charge on any atom is 0.269 e. The lowest BCUT2D eigenvalue weighted by molar-refractivity contribution is -0.134. The van der Waals surface area contributed by atoms with Crippen molar-refractivity contribution in [3.05, 3.63) is 77.6 Å². The maximum absolute atomic E-state index is 13.0. The molecule has 29 heavy (non-hydrogen) atoms. The van der Waals surface area contributed by atoms with E-state index in [4.69, 9.17) is 5.73 Å². The fourth-order valence-electron chi connectivity index (χ4n) is 3.91. The molecule has 3 N–H and O–H groups in total. The molecule has 4 rings (SSSR count). The summed E-state index contributed by atoms with van der Waals surface area (Å²) in [4.78, 5) is 26.3. The second-order valence-corrected chi connectivity index (χ2v) is 7.41. The molecule has 3 aromatic rings. The number of benzene rings is 2. The Balaban J connectivity index is 1.48. The van der Waals surface area contributed by atoms with Gasteiger partial charge in [-0.3, -0.25) is 14.7 Å². The largest absolute Gasteiger partial charge is 0.364 e. The van der Waals surface area contributed by atoms with E-state index in [0.29, 0.717) is 13.0 Å². The first-order valence-electron chi connectivity index (χ1n) is 9.91. The Kier molecular flexibility index (Phi) is 5.42. The van der Waals surface area contributed by atoms with Gasteiger partial charge in [-0.15, -0.1) is 0 Å². The number of H-pyrrole nitrogens is 1. The van der Waals surface area contributed by atoms with Crippen molar-refractivity contribution in [2.45, 2.75) is 31.7 Å². The summed E-state index contributed by atoms with van der Waals surface area (Å²) in [6, 6.07) is 19.9. The van der Waals surface area contributed by atoms with Crippen LogP contribution in [0.2, 0.25) is 0 Å². The second kappa shape index (κ2) is 8.31. The van der Waals surface area contributed by atoms with E-state index >= 15 is 0 Å². The molecule has 1 aliphatic heterocycles. The molecule has 1 saturated heterocycles. The van der Waals surface area contributed by atoms with Crippen molar-refractivity contribution in [1.82, 2.24) is 15.1 Å². The van der Waals surface area contributed by atoms with Crippen molar-refractivity contribution in [2.24, 2.45) is 5.73 Å². The molecule has 1 fully saturated rings. The van der Waals surface area contributed by atoms with Crippen molar-refractivity contribution in [2.75, 3.05) is 6.54 Å². The zero-order valence-electron chi connectivity index (χ0n) is 16.2. The SMILES string of the molecule is NC(=O)c1cc(C2CCCCN2C(=O)Cc2ccc(-c3ccccc3)cc2)[nH]n1. The average molecular weight is 388 g/mol. The molecule has 6 heteroatoms. The number of carbonyl (C=O) groups excluding carboxylic acids is 2. The first kappa shape index (κ1) is 18.9. The second-order valence-electron chi connectivity index (χ2n) is 7.41. The summed E-state index contributed by atoms with van der Waals surface area (Å²) in [7, 11) is 0. The molecule has 0 bridgehead atoms. The van der Waals surface area contributed by atoms with E-state index in [1.807, 2.05) is 35.2 Å². The van der Waals surface area contributed by atoms with Gasteiger partial charge in [-0.2, -0.15) is 5.10 Å². The van der Waals surface area contributed by atoms with E-state index in [-0.39, 0.29) is 17.6 Å². The van der Waals surface area contributed by atoms with E-state index in [2.05, 4.69) is 34.5 Å². The number of likely N-dealkylation sites (tertiary alicyclic amines) is 1. The third-order valence-electron chi connectivity index (χ3n) is 5.45. The first-order chi connectivity index (χ1) is 14.1. The molecule has 0 aliphatic carbocycles. The number of hydrogen-bond acceptors (Lipinski definition) is 3. The minimum atomic E-state index is -0.570. The molecule has 1 atom stereocenters. The summed E-state index contributed by atoms with van der Waals surface area (Å²) in [6.07, 6.45) is 3.21. The molecular weight excluding hydrogens is 364 g/mol. The van der Waals surface area contributed by atoms with Crippen LogP contribution in [0.3, 0.4) is 0 Å². The molecule has 2 amide bonds. The van der Waals surface area contributed by atoms with E-state index in [1.165, 1.54) is 0 Å². The molecule has 0 saturated carbocycles. The monoisotopic (exact) mass is 388 g/mol. The molecule has 0 spiro atoms. The number of aromatic nitrogens is 2. The van der Waals surface area contributed by atoms with Gasteiger partial charge in [-0.05, 0) is 42.0 Å². The highest BCUT2D eigenvalue weighted by Gasteiger charge is 2.29. The van der Waals surface area contributed by atoms with Gasteiger partial charge in [0.05, 0.1) is 18.2 Å². The van der Waals surface area contributed by atoms with Crippen LogP contribution >= 0.6 is 0 Å². The van der Waals surface area contributed by atoms with Crippen LogP contribution < -0.4 is 5.73 Å². The van der Waals surface area contributed by atoms with Crippen molar-refractivity contribution in [3.63, 3.8) is 0 Å². The van der Waals surface area contributed by atoms with Gasteiger partial charge in [0.25, 0.3) is 5.91 Å². The van der Waals surface area contributed by atoms with Gasteiger partial charge in [-0.1, -0.05) is 54.6 Å². The molecular formula is C23H24N4O2. The normalized spacial score (nSPS) is 16.6. The van der Waals surface area contributed by atoms with Crippen LogP contribution in [-0.4, -0.2) is 33.5 Å². The highest BCUT2D eigenvalue weighted by Crippen LogP contribution is 2.31. The fraction of sp³-hybridized carbons (Fsp3) is 0.261. The van der Waals surface area contributed by atoms with Crippen LogP contribution in [0.15, 0.2) is 60.7 Å². The zero-order chi connectivity index (χ0) is 20.2. The molecule has 1 unspecified atom stereocenters. The van der Waals surface area contributed by atoms with Crippen molar-refractivity contribution in [3.8, 4) is 11.1 Å². The van der Waals surface area contributed by atoms with Crippen LogP contribution in [0.5, 0.6) is 0 Å². The first-order valence-corrected chi connectivity index (χ1v) is 9.91. The Hall–Kier alpha value is -3.41. The Morgan fingerprint density at radius 3 is 2.45 bits per heavy atom. The van der Waals surface area contributed by atoms with Gasteiger partial charge in [0.15, 0.2) is 0 Å². The smallest absolute Gasteiger partial charge is 0.269 e. The van der Waals surface area contributed by atoms with E-state index in [1.54, 1.807) is 6.07 Å². The zero-order valence-corrected chi connectivity index (χ0v) is 16.2. The van der Waals surface area contributed by atoms with Crippen LogP contribution in [0, 0.1) is 0 Å². The van der Waals surface area contributed by atoms with E-state index in [0.717, 1.165) is 41.6 Å². The topological polar surface area (TPSA) is 92.1 Å². The lowest BCUT2D eigenvalue weighted by atomic mass is 9.97. The Morgan fingerprint density at radius 2 is 1.76 bits per heavy atom. The number of nitrogens with two attached hydrogens (primary N) is 1. The molecule has 148 valence electrons. The predicted octanol–water partition coefficient (Wildman–Crippen LogP) is 3.47. The summed E-state index contributed by atoms with van der Waals surface area (Å²) in [5.74, 6) is -0.489. The van der Waals surface area contributed by atoms with Crippen molar-refractivity contribution in [1.29, 1.82) is 0 Å². The van der Waals surface area contributed by atoms with Crippen LogP contribution in [-0.2, 0) is 11.2 Å². The number of amides is 2. The summed E-state index contributed by atoms with van der Waals surface area (Å²) in [5, 5.41) is 6.86. The van der Waals surface area contributed by atoms with E-state index in [9.17, 15) is 9.59 Å². The summed E-state index contributed by atoms with van der Waals surface area (Å²) < 4.78 is 0. The number of nitrogens with zero attached hydrogens (tertiary/aromatic N) is 2. The third kappa shape index (κ3) is 4.21. The minimum absolute atomic E-state index is 0.0809. The van der Waals surface area contributed by atoms with Crippen LogP contribution in [0.4, 0.5) is 0 Å². The summed E-state index contributed by atoms with van der Waals surface area (Å²) >= 11 is 0. The molecule has 1 aromatic heterocycles. The molecule has 1 aliphatic rings. The Bertz CT molecular complexity index is 995. The molecule has 2 aromatic carbocycles. The lowest BCUT2D eigenvalue weighted by Crippen LogP contribution is -2.39. The van der Waals surface area contributed by atoms with Gasteiger partial charge in [0, 0.05) is 6.54 Å². The third-order valence-corrected chi connectivity index (χ3v) is 5.45. The van der Waals surface area contributed by atoms with E-state index < -0.39 is 5.91 Å². The number of rotatable bonds is 5. The number of hydrogen-bond donors (Lipinski definition) is 2. The van der Waals surface area contributed by atoms with Crippen LogP contribution in [0.25, 0.3) is 11.1 Å². The highest BCUT2D eigenvalue weighted by atomic mass is 16.2. The number of aromatic amines is 1. The number of carbonyl (C=O) groups is 2. The quantitative estimate of drug-likeness (QED) is 0.701. The molecule has 0 radical (unpaired) electrons. The highest BCUT2D eigenvalue weighted by molar-refractivity contribution is 5.90. The Labute approximate surface area is 169 Å². The minimum Gasteiger partial charge on any atom is -0.364 e. The Morgan fingerprint density at radius 1 is 1.03 bits per heavy atom. The van der Waals surface area contributed by atoms with Crippen molar-refractivity contribution >= 4 is 11.8 Å². The average Bonchev–Trinajstić information content (AvgIpc) is 3.25. The van der Waals surface area contributed by atoms with Crippen LogP contribution in [0.1, 0.15) is 47.1 Å². The van der Waals surface area contributed by atoms with Gasteiger partial charge in [-0.25, -0.2) is 0 Å². The fourth-order valence-corrected chi connectivity index (χ4v) is 3.91.